The van der Waals surface area contributed by atoms with E-state index in [9.17, 15) is 9.59 Å². The van der Waals surface area contributed by atoms with Gasteiger partial charge in [0.1, 0.15) is 0 Å². The van der Waals surface area contributed by atoms with Crippen LogP contribution >= 0.6 is 43.2 Å². The van der Waals surface area contributed by atoms with E-state index in [1.54, 1.807) is 11.0 Å². The Kier molecular flexibility index (Phi) is 4.99. The van der Waals surface area contributed by atoms with Gasteiger partial charge in [-0.05, 0) is 37.9 Å². The smallest absolute Gasteiger partial charge is 0.317 e. The molecule has 5 nitrogen and oxygen atoms in total. The average molecular weight is 412 g/mol. The number of carboxylic acid groups (broad SMARTS) is 1. The fourth-order valence-corrected chi connectivity index (χ4v) is 3.91. The molecular formula is C11H12Br2N2O3S. The minimum atomic E-state index is -0.828. The molecule has 2 rings (SSSR count). The molecule has 1 aromatic rings. The summed E-state index contributed by atoms with van der Waals surface area (Å²) in [5.74, 6) is -0.822. The van der Waals surface area contributed by atoms with Crippen molar-refractivity contribution in [2.24, 2.45) is 0 Å². The summed E-state index contributed by atoms with van der Waals surface area (Å²) in [6, 6.07) is 1.81. The van der Waals surface area contributed by atoms with E-state index in [0.717, 1.165) is 8.26 Å². The van der Waals surface area contributed by atoms with Crippen LogP contribution in [0.2, 0.25) is 0 Å². The third-order valence-corrected chi connectivity index (χ3v) is 6.12. The molecule has 8 heteroatoms. The number of aliphatic carboxylic acids is 1. The molecule has 0 saturated carbocycles. The van der Waals surface area contributed by atoms with Crippen LogP contribution in [0.5, 0.6) is 0 Å². The summed E-state index contributed by atoms with van der Waals surface area (Å²) in [7, 11) is 0. The summed E-state index contributed by atoms with van der Waals surface area (Å²) in [6.07, 6.45) is 0. The number of carbonyl (C=O) groups excluding carboxylic acids is 1. The summed E-state index contributed by atoms with van der Waals surface area (Å²) < 4.78 is 1.78. The second-order valence-corrected chi connectivity index (χ2v) is 7.42. The van der Waals surface area contributed by atoms with Crippen molar-refractivity contribution in [1.29, 1.82) is 0 Å². The number of carboxylic acids is 1. The van der Waals surface area contributed by atoms with Crippen molar-refractivity contribution in [3.63, 3.8) is 0 Å². The van der Waals surface area contributed by atoms with Gasteiger partial charge >= 0.3 is 5.97 Å². The quantitative estimate of drug-likeness (QED) is 0.827. The van der Waals surface area contributed by atoms with Crippen LogP contribution in [0, 0.1) is 0 Å². The lowest BCUT2D eigenvalue weighted by atomic mass is 10.3. The molecule has 0 atom stereocenters. The molecule has 1 saturated heterocycles. The molecule has 0 unspecified atom stereocenters. The lowest BCUT2D eigenvalue weighted by Crippen LogP contribution is -2.49. The van der Waals surface area contributed by atoms with Crippen LogP contribution in [-0.2, 0) is 4.79 Å². The molecule has 1 aliphatic heterocycles. The highest BCUT2D eigenvalue weighted by Gasteiger charge is 2.24. The molecular weight excluding hydrogens is 400 g/mol. The fourth-order valence-electron chi connectivity index (χ4n) is 1.91. The number of piperazine rings is 1. The van der Waals surface area contributed by atoms with Crippen molar-refractivity contribution in [1.82, 2.24) is 9.80 Å². The molecule has 0 spiro atoms. The van der Waals surface area contributed by atoms with E-state index >= 15 is 0 Å². The van der Waals surface area contributed by atoms with Crippen molar-refractivity contribution in [2.75, 3.05) is 32.7 Å². The van der Waals surface area contributed by atoms with Gasteiger partial charge in [0, 0.05) is 30.7 Å². The Morgan fingerprint density at radius 2 is 1.89 bits per heavy atom. The Bertz CT molecular complexity index is 479. The molecule has 0 aromatic carbocycles. The first-order valence-electron chi connectivity index (χ1n) is 5.65. The molecule has 1 fully saturated rings. The maximum absolute atomic E-state index is 12.3. The van der Waals surface area contributed by atoms with Crippen LogP contribution < -0.4 is 0 Å². The Morgan fingerprint density at radius 1 is 1.26 bits per heavy atom. The first-order chi connectivity index (χ1) is 8.97. The highest BCUT2D eigenvalue weighted by molar-refractivity contribution is 9.13. The van der Waals surface area contributed by atoms with Crippen molar-refractivity contribution in [2.45, 2.75) is 0 Å². The molecule has 0 bridgehead atoms. The fraction of sp³-hybridized carbons (Fsp3) is 0.455. The summed E-state index contributed by atoms with van der Waals surface area (Å²) in [5.41, 5.74) is 0. The van der Waals surface area contributed by atoms with E-state index in [1.807, 2.05) is 4.90 Å². The molecule has 0 radical (unpaired) electrons. The zero-order chi connectivity index (χ0) is 14.0. The van der Waals surface area contributed by atoms with Gasteiger partial charge in [-0.15, -0.1) is 11.3 Å². The Morgan fingerprint density at radius 3 is 2.37 bits per heavy atom. The Labute approximate surface area is 131 Å². The van der Waals surface area contributed by atoms with E-state index < -0.39 is 5.97 Å². The number of amides is 1. The highest BCUT2D eigenvalue weighted by Crippen LogP contribution is 2.33. The molecule has 2 heterocycles. The third kappa shape index (κ3) is 3.77. The summed E-state index contributed by atoms with van der Waals surface area (Å²) in [5, 5.41) is 8.72. The summed E-state index contributed by atoms with van der Waals surface area (Å²) in [4.78, 5) is 27.2. The van der Waals surface area contributed by atoms with Gasteiger partial charge in [-0.1, -0.05) is 0 Å². The van der Waals surface area contributed by atoms with Gasteiger partial charge in [0.25, 0.3) is 5.91 Å². The van der Waals surface area contributed by atoms with Crippen molar-refractivity contribution < 1.29 is 14.7 Å². The number of hydrogen-bond acceptors (Lipinski definition) is 4. The van der Waals surface area contributed by atoms with Gasteiger partial charge in [-0.3, -0.25) is 14.5 Å². The number of hydrogen-bond donors (Lipinski definition) is 1. The predicted molar refractivity (Wildman–Crippen MR) is 79.7 cm³/mol. The van der Waals surface area contributed by atoms with Gasteiger partial charge < -0.3 is 10.0 Å². The number of nitrogens with zero attached hydrogens (tertiary/aromatic N) is 2. The summed E-state index contributed by atoms with van der Waals surface area (Å²) >= 11 is 8.14. The SMILES string of the molecule is O=C(O)CN1CCN(C(=O)c2cc(Br)c(Br)s2)CC1. The lowest BCUT2D eigenvalue weighted by molar-refractivity contribution is -0.138. The topological polar surface area (TPSA) is 60.9 Å². The van der Waals surface area contributed by atoms with Gasteiger partial charge in [0.05, 0.1) is 15.2 Å². The normalized spacial score (nSPS) is 16.6. The molecule has 104 valence electrons. The molecule has 1 N–H and O–H groups in total. The molecule has 1 amide bonds. The van der Waals surface area contributed by atoms with Gasteiger partial charge in [-0.25, -0.2) is 0 Å². The largest absolute Gasteiger partial charge is 0.480 e. The highest BCUT2D eigenvalue weighted by atomic mass is 79.9. The van der Waals surface area contributed by atoms with Crippen LogP contribution in [0.4, 0.5) is 0 Å². The standard InChI is InChI=1S/C11H12Br2N2O3S/c12-7-5-8(19-10(7)13)11(18)15-3-1-14(2-4-15)6-9(16)17/h5H,1-4,6H2,(H,16,17). The number of carbonyl (C=O) groups is 2. The van der Waals surface area contributed by atoms with Crippen LogP contribution in [0.25, 0.3) is 0 Å². The summed E-state index contributed by atoms with van der Waals surface area (Å²) in [6.45, 7) is 2.38. The molecule has 0 aliphatic carbocycles. The first kappa shape index (κ1) is 15.0. The van der Waals surface area contributed by atoms with Gasteiger partial charge in [-0.2, -0.15) is 0 Å². The number of thiophene rings is 1. The van der Waals surface area contributed by atoms with Crippen LogP contribution in [-0.4, -0.2) is 59.5 Å². The maximum Gasteiger partial charge on any atom is 0.317 e. The van der Waals surface area contributed by atoms with E-state index in [0.29, 0.717) is 31.1 Å². The number of rotatable bonds is 3. The zero-order valence-electron chi connectivity index (χ0n) is 9.94. The van der Waals surface area contributed by atoms with E-state index in [-0.39, 0.29) is 12.5 Å². The molecule has 1 aliphatic rings. The van der Waals surface area contributed by atoms with Crippen LogP contribution in [0.15, 0.2) is 14.3 Å². The van der Waals surface area contributed by atoms with E-state index in [2.05, 4.69) is 31.9 Å². The Balaban J connectivity index is 1.94. The van der Waals surface area contributed by atoms with Crippen molar-refractivity contribution in [3.05, 3.63) is 19.2 Å². The van der Waals surface area contributed by atoms with Crippen LogP contribution in [0.3, 0.4) is 0 Å². The average Bonchev–Trinajstić information content (AvgIpc) is 2.69. The zero-order valence-corrected chi connectivity index (χ0v) is 13.9. The monoisotopic (exact) mass is 410 g/mol. The molecule has 1 aromatic heterocycles. The Hall–Kier alpha value is -0.440. The second kappa shape index (κ2) is 6.34. The van der Waals surface area contributed by atoms with Gasteiger partial charge in [0.15, 0.2) is 0 Å². The van der Waals surface area contributed by atoms with Crippen molar-refractivity contribution >= 4 is 55.1 Å². The number of halogens is 2. The first-order valence-corrected chi connectivity index (χ1v) is 8.06. The third-order valence-electron chi connectivity index (χ3n) is 2.87. The van der Waals surface area contributed by atoms with E-state index in [1.165, 1.54) is 11.3 Å². The van der Waals surface area contributed by atoms with Gasteiger partial charge in [0.2, 0.25) is 0 Å². The van der Waals surface area contributed by atoms with Crippen molar-refractivity contribution in [3.8, 4) is 0 Å². The molecule has 19 heavy (non-hydrogen) atoms. The van der Waals surface area contributed by atoms with E-state index in [4.69, 9.17) is 5.11 Å². The minimum Gasteiger partial charge on any atom is -0.480 e. The predicted octanol–water partition coefficient (Wildman–Crippen LogP) is 2.12. The second-order valence-electron chi connectivity index (χ2n) is 4.19. The lowest BCUT2D eigenvalue weighted by Gasteiger charge is -2.33. The maximum atomic E-state index is 12.3. The minimum absolute atomic E-state index is 0.00590. The van der Waals surface area contributed by atoms with Crippen LogP contribution in [0.1, 0.15) is 9.67 Å².